The molecule has 0 aromatic heterocycles. The number of aliphatic hydroxyl groups excluding tert-OH is 1. The Labute approximate surface area is 129 Å². The van der Waals surface area contributed by atoms with Crippen LogP contribution in [0.1, 0.15) is 31.7 Å². The first-order valence-electron chi connectivity index (χ1n) is 7.39. The summed E-state index contributed by atoms with van der Waals surface area (Å²) in [5.41, 5.74) is 0.889. The monoisotopic (exact) mass is 307 g/mol. The molecule has 1 aliphatic rings. The number of amides is 1. The first-order valence-corrected chi connectivity index (χ1v) is 7.39. The second kappa shape index (κ2) is 7.79. The minimum atomic E-state index is -0.915. The SMILES string of the molecule is CC(=O)OC1CCCC(NC(=O)OCc2ccccc2)C1O. The number of rotatable bonds is 4. The van der Waals surface area contributed by atoms with Crippen molar-refractivity contribution < 1.29 is 24.2 Å². The molecule has 1 aromatic rings. The summed E-state index contributed by atoms with van der Waals surface area (Å²) in [6.45, 7) is 1.47. The number of ether oxygens (including phenoxy) is 2. The smallest absolute Gasteiger partial charge is 0.407 e. The van der Waals surface area contributed by atoms with E-state index in [0.717, 1.165) is 12.0 Å². The van der Waals surface area contributed by atoms with E-state index < -0.39 is 30.3 Å². The Morgan fingerprint density at radius 2 is 2.00 bits per heavy atom. The Bertz CT molecular complexity index is 505. The topological polar surface area (TPSA) is 84.9 Å². The van der Waals surface area contributed by atoms with E-state index in [-0.39, 0.29) is 6.61 Å². The highest BCUT2D eigenvalue weighted by atomic mass is 16.6. The summed E-state index contributed by atoms with van der Waals surface area (Å²) in [4.78, 5) is 22.8. The summed E-state index contributed by atoms with van der Waals surface area (Å²) in [6, 6.07) is 8.87. The van der Waals surface area contributed by atoms with E-state index in [1.165, 1.54) is 6.92 Å². The van der Waals surface area contributed by atoms with Crippen LogP contribution in [0.4, 0.5) is 4.79 Å². The van der Waals surface area contributed by atoms with Crippen LogP contribution in [-0.2, 0) is 20.9 Å². The number of esters is 1. The van der Waals surface area contributed by atoms with Crippen LogP contribution in [-0.4, -0.2) is 35.4 Å². The Hall–Kier alpha value is -2.08. The third-order valence-electron chi connectivity index (χ3n) is 3.63. The lowest BCUT2D eigenvalue weighted by atomic mass is 9.90. The van der Waals surface area contributed by atoms with Gasteiger partial charge in [0.25, 0.3) is 0 Å². The molecule has 6 nitrogen and oxygen atoms in total. The second-order valence-corrected chi connectivity index (χ2v) is 5.38. The average molecular weight is 307 g/mol. The highest BCUT2D eigenvalue weighted by molar-refractivity contribution is 5.68. The fraction of sp³-hybridized carbons (Fsp3) is 0.500. The van der Waals surface area contributed by atoms with Gasteiger partial charge in [-0.25, -0.2) is 4.79 Å². The number of carbonyl (C=O) groups is 2. The Balaban J connectivity index is 1.81. The molecule has 0 radical (unpaired) electrons. The third-order valence-corrected chi connectivity index (χ3v) is 3.63. The normalized spacial score (nSPS) is 24.4. The lowest BCUT2D eigenvalue weighted by molar-refractivity contribution is -0.156. The van der Waals surface area contributed by atoms with E-state index in [1.807, 2.05) is 30.3 Å². The van der Waals surface area contributed by atoms with Crippen LogP contribution in [0.2, 0.25) is 0 Å². The number of benzene rings is 1. The number of nitrogens with one attached hydrogen (secondary N) is 1. The summed E-state index contributed by atoms with van der Waals surface area (Å²) < 4.78 is 10.2. The fourth-order valence-corrected chi connectivity index (χ4v) is 2.56. The molecule has 6 heteroatoms. The molecule has 1 fully saturated rings. The van der Waals surface area contributed by atoms with Crippen LogP contribution in [0.25, 0.3) is 0 Å². The average Bonchev–Trinajstić information content (AvgIpc) is 2.50. The summed E-state index contributed by atoms with van der Waals surface area (Å²) in [7, 11) is 0. The first-order chi connectivity index (χ1) is 10.6. The largest absolute Gasteiger partial charge is 0.460 e. The van der Waals surface area contributed by atoms with Crippen molar-refractivity contribution in [3.63, 3.8) is 0 Å². The van der Waals surface area contributed by atoms with E-state index >= 15 is 0 Å². The van der Waals surface area contributed by atoms with Crippen LogP contribution in [0.15, 0.2) is 30.3 Å². The maximum absolute atomic E-state index is 11.8. The molecule has 2 N–H and O–H groups in total. The number of hydrogen-bond acceptors (Lipinski definition) is 5. The standard InChI is InChI=1S/C16H21NO5/c1-11(18)22-14-9-5-8-13(15(14)19)17-16(20)21-10-12-6-3-2-4-7-12/h2-4,6-7,13-15,19H,5,8-10H2,1H3,(H,17,20). The van der Waals surface area contributed by atoms with Crippen LogP contribution in [0, 0.1) is 0 Å². The van der Waals surface area contributed by atoms with Crippen LogP contribution in [0.5, 0.6) is 0 Å². The molecule has 1 saturated carbocycles. The Morgan fingerprint density at radius 1 is 1.27 bits per heavy atom. The van der Waals surface area contributed by atoms with Gasteiger partial charge in [0.05, 0.1) is 6.04 Å². The second-order valence-electron chi connectivity index (χ2n) is 5.38. The summed E-state index contributed by atoms with van der Waals surface area (Å²) in [5, 5.41) is 12.8. The molecule has 3 unspecified atom stereocenters. The third kappa shape index (κ3) is 4.73. The molecule has 0 saturated heterocycles. The van der Waals surface area contributed by atoms with Gasteiger partial charge in [-0.1, -0.05) is 30.3 Å². The van der Waals surface area contributed by atoms with E-state index in [4.69, 9.17) is 9.47 Å². The van der Waals surface area contributed by atoms with E-state index in [0.29, 0.717) is 12.8 Å². The number of hydrogen-bond donors (Lipinski definition) is 2. The highest BCUT2D eigenvalue weighted by Crippen LogP contribution is 2.22. The lowest BCUT2D eigenvalue weighted by Crippen LogP contribution is -2.52. The molecule has 120 valence electrons. The van der Waals surface area contributed by atoms with Crippen molar-refractivity contribution in [3.05, 3.63) is 35.9 Å². The van der Waals surface area contributed by atoms with Crippen LogP contribution >= 0.6 is 0 Å². The molecular formula is C16H21NO5. The van der Waals surface area contributed by atoms with Gasteiger partial charge in [-0.3, -0.25) is 4.79 Å². The minimum absolute atomic E-state index is 0.170. The zero-order valence-electron chi connectivity index (χ0n) is 12.5. The molecule has 0 aliphatic heterocycles. The van der Waals surface area contributed by atoms with Gasteiger partial charge >= 0.3 is 12.1 Å². The van der Waals surface area contributed by atoms with Gasteiger partial charge in [0.2, 0.25) is 0 Å². The van der Waals surface area contributed by atoms with Gasteiger partial charge in [0.1, 0.15) is 18.8 Å². The molecule has 0 spiro atoms. The summed E-state index contributed by atoms with van der Waals surface area (Å²) in [6.07, 6.45) is -0.0975. The van der Waals surface area contributed by atoms with Crippen LogP contribution < -0.4 is 5.32 Å². The Morgan fingerprint density at radius 3 is 2.68 bits per heavy atom. The van der Waals surface area contributed by atoms with Crippen molar-refractivity contribution in [1.29, 1.82) is 0 Å². The number of carbonyl (C=O) groups excluding carboxylic acids is 2. The van der Waals surface area contributed by atoms with Crippen molar-refractivity contribution >= 4 is 12.1 Å². The highest BCUT2D eigenvalue weighted by Gasteiger charge is 2.35. The quantitative estimate of drug-likeness (QED) is 0.828. The maximum atomic E-state index is 11.8. The van der Waals surface area contributed by atoms with Gasteiger partial charge in [-0.2, -0.15) is 0 Å². The van der Waals surface area contributed by atoms with E-state index in [9.17, 15) is 14.7 Å². The van der Waals surface area contributed by atoms with Gasteiger partial charge in [0, 0.05) is 6.92 Å². The molecule has 1 aromatic carbocycles. The van der Waals surface area contributed by atoms with Crippen molar-refractivity contribution in [2.75, 3.05) is 0 Å². The van der Waals surface area contributed by atoms with Crippen molar-refractivity contribution in [2.24, 2.45) is 0 Å². The molecule has 22 heavy (non-hydrogen) atoms. The zero-order valence-corrected chi connectivity index (χ0v) is 12.5. The predicted octanol–water partition coefficient (Wildman–Crippen LogP) is 1.76. The number of alkyl carbamates (subject to hydrolysis) is 1. The molecular weight excluding hydrogens is 286 g/mol. The predicted molar refractivity (Wildman–Crippen MR) is 79.0 cm³/mol. The molecule has 0 heterocycles. The van der Waals surface area contributed by atoms with E-state index in [1.54, 1.807) is 0 Å². The minimum Gasteiger partial charge on any atom is -0.460 e. The number of aliphatic hydroxyl groups is 1. The fourth-order valence-electron chi connectivity index (χ4n) is 2.56. The molecule has 2 rings (SSSR count). The van der Waals surface area contributed by atoms with Gasteiger partial charge in [-0.05, 0) is 24.8 Å². The summed E-state index contributed by atoms with van der Waals surface area (Å²) >= 11 is 0. The molecule has 0 bridgehead atoms. The molecule has 3 atom stereocenters. The van der Waals surface area contributed by atoms with E-state index in [2.05, 4.69) is 5.32 Å². The van der Waals surface area contributed by atoms with Gasteiger partial charge < -0.3 is 19.9 Å². The maximum Gasteiger partial charge on any atom is 0.407 e. The molecule has 1 amide bonds. The summed E-state index contributed by atoms with van der Waals surface area (Å²) in [5.74, 6) is -0.434. The zero-order chi connectivity index (χ0) is 15.9. The van der Waals surface area contributed by atoms with Gasteiger partial charge in [-0.15, -0.1) is 0 Å². The molecule has 1 aliphatic carbocycles. The van der Waals surface area contributed by atoms with Crippen molar-refractivity contribution in [1.82, 2.24) is 5.32 Å². The van der Waals surface area contributed by atoms with Gasteiger partial charge in [0.15, 0.2) is 0 Å². The Kier molecular flexibility index (Phi) is 5.77. The first kappa shape index (κ1) is 16.3. The van der Waals surface area contributed by atoms with Crippen molar-refractivity contribution in [3.8, 4) is 0 Å². The van der Waals surface area contributed by atoms with Crippen molar-refractivity contribution in [2.45, 2.75) is 51.0 Å². The lowest BCUT2D eigenvalue weighted by Gasteiger charge is -2.34. The van der Waals surface area contributed by atoms with Crippen LogP contribution in [0.3, 0.4) is 0 Å².